The number of aliphatic hydroxyl groups excluding tert-OH is 1. The van der Waals surface area contributed by atoms with E-state index in [0.29, 0.717) is 0 Å². The van der Waals surface area contributed by atoms with Crippen molar-refractivity contribution in [1.29, 1.82) is 0 Å². The zero-order valence-corrected chi connectivity index (χ0v) is 11.7. The van der Waals surface area contributed by atoms with Gasteiger partial charge in [-0.2, -0.15) is 0 Å². The number of unbranched alkanes of at least 4 members (excludes halogenated alkanes) is 7. The predicted octanol–water partition coefficient (Wildman–Crippen LogP) is 4.71. The second-order valence-electron chi connectivity index (χ2n) is 4.65. The van der Waals surface area contributed by atoms with E-state index in [-0.39, 0.29) is 6.10 Å². The third kappa shape index (κ3) is 6.79. The van der Waals surface area contributed by atoms with E-state index in [2.05, 4.69) is 11.9 Å². The third-order valence-corrected chi connectivity index (χ3v) is 3.94. The molecular weight excluding hydrogens is 230 g/mol. The minimum Gasteiger partial charge on any atom is -0.386 e. The Balaban J connectivity index is 1.90. The van der Waals surface area contributed by atoms with E-state index in [1.54, 1.807) is 17.5 Å². The molecule has 0 fully saturated rings. The molecule has 1 rings (SSSR count). The van der Waals surface area contributed by atoms with Crippen molar-refractivity contribution in [3.05, 3.63) is 16.6 Å². The highest BCUT2D eigenvalue weighted by Crippen LogP contribution is 2.21. The number of aliphatic hydroxyl groups is 1. The molecule has 3 heteroatoms. The van der Waals surface area contributed by atoms with E-state index in [4.69, 9.17) is 0 Å². The van der Waals surface area contributed by atoms with Crippen LogP contribution in [0, 0.1) is 0 Å². The van der Waals surface area contributed by atoms with Gasteiger partial charge in [0.05, 0.1) is 0 Å². The average Bonchev–Trinajstić information content (AvgIpc) is 2.86. The van der Waals surface area contributed by atoms with Crippen molar-refractivity contribution in [3.8, 4) is 0 Å². The summed E-state index contributed by atoms with van der Waals surface area (Å²) in [7, 11) is 0. The Morgan fingerprint density at radius 2 is 1.76 bits per heavy atom. The summed E-state index contributed by atoms with van der Waals surface area (Å²) in [5, 5.41) is 12.6. The monoisotopic (exact) mass is 255 g/mol. The van der Waals surface area contributed by atoms with Gasteiger partial charge in [-0.05, 0) is 6.42 Å². The Labute approximate surface area is 109 Å². The maximum atomic E-state index is 9.83. The summed E-state index contributed by atoms with van der Waals surface area (Å²) in [6, 6.07) is 0. The fourth-order valence-corrected chi connectivity index (χ4v) is 2.65. The van der Waals surface area contributed by atoms with Gasteiger partial charge in [-0.15, -0.1) is 11.3 Å². The molecule has 0 radical (unpaired) electrons. The number of hydrogen-bond acceptors (Lipinski definition) is 3. The van der Waals surface area contributed by atoms with Gasteiger partial charge in [-0.3, -0.25) is 0 Å². The van der Waals surface area contributed by atoms with Crippen LogP contribution in [0.1, 0.15) is 75.8 Å². The number of aromatic nitrogens is 1. The lowest BCUT2D eigenvalue weighted by molar-refractivity contribution is 0.163. The number of rotatable bonds is 10. The van der Waals surface area contributed by atoms with Gasteiger partial charge in [0.1, 0.15) is 11.1 Å². The van der Waals surface area contributed by atoms with Gasteiger partial charge in [0.2, 0.25) is 0 Å². The Bertz CT molecular complexity index is 261. The number of thiazole rings is 1. The lowest BCUT2D eigenvalue weighted by atomic mass is 10.1. The SMILES string of the molecule is CCCCCCCCCCC(O)c1nccs1. The fraction of sp³-hybridized carbons (Fsp3) is 0.786. The normalized spacial score (nSPS) is 12.8. The van der Waals surface area contributed by atoms with Crippen LogP contribution in [0.2, 0.25) is 0 Å². The number of nitrogens with zero attached hydrogens (tertiary/aromatic N) is 1. The molecule has 17 heavy (non-hydrogen) atoms. The summed E-state index contributed by atoms with van der Waals surface area (Å²) < 4.78 is 0. The van der Waals surface area contributed by atoms with Crippen molar-refractivity contribution in [2.75, 3.05) is 0 Å². The Morgan fingerprint density at radius 3 is 2.35 bits per heavy atom. The van der Waals surface area contributed by atoms with Gasteiger partial charge >= 0.3 is 0 Å². The molecule has 0 saturated heterocycles. The van der Waals surface area contributed by atoms with E-state index < -0.39 is 0 Å². The van der Waals surface area contributed by atoms with Crippen molar-refractivity contribution in [2.24, 2.45) is 0 Å². The quantitative estimate of drug-likeness (QED) is 0.614. The molecule has 0 aliphatic heterocycles. The minimum absolute atomic E-state index is 0.338. The van der Waals surface area contributed by atoms with Gasteiger partial charge in [0.25, 0.3) is 0 Å². The van der Waals surface area contributed by atoms with Crippen molar-refractivity contribution in [1.82, 2.24) is 4.98 Å². The summed E-state index contributed by atoms with van der Waals surface area (Å²) >= 11 is 1.55. The minimum atomic E-state index is -0.338. The van der Waals surface area contributed by atoms with Crippen LogP contribution in [0.5, 0.6) is 0 Å². The summed E-state index contributed by atoms with van der Waals surface area (Å²) in [5.74, 6) is 0. The zero-order valence-electron chi connectivity index (χ0n) is 10.9. The molecule has 1 atom stereocenters. The van der Waals surface area contributed by atoms with E-state index in [9.17, 15) is 5.11 Å². The van der Waals surface area contributed by atoms with Crippen LogP contribution in [-0.2, 0) is 0 Å². The summed E-state index contributed by atoms with van der Waals surface area (Å²) in [6.45, 7) is 2.25. The molecule has 0 aliphatic carbocycles. The molecule has 1 aromatic heterocycles. The van der Waals surface area contributed by atoms with Gasteiger partial charge in [-0.1, -0.05) is 58.3 Å². The van der Waals surface area contributed by atoms with Crippen LogP contribution in [0.4, 0.5) is 0 Å². The second-order valence-corrected chi connectivity index (χ2v) is 5.58. The largest absolute Gasteiger partial charge is 0.386 e. The van der Waals surface area contributed by atoms with E-state index in [1.165, 1.54) is 44.9 Å². The highest BCUT2D eigenvalue weighted by atomic mass is 32.1. The first-order valence-electron chi connectivity index (χ1n) is 6.92. The van der Waals surface area contributed by atoms with Crippen LogP contribution in [0.3, 0.4) is 0 Å². The number of hydrogen-bond donors (Lipinski definition) is 1. The molecule has 98 valence electrons. The van der Waals surface area contributed by atoms with E-state index >= 15 is 0 Å². The van der Waals surface area contributed by atoms with Crippen molar-refractivity contribution >= 4 is 11.3 Å². The summed E-state index contributed by atoms with van der Waals surface area (Å²) in [6.07, 6.45) is 12.8. The molecule has 2 nitrogen and oxygen atoms in total. The van der Waals surface area contributed by atoms with Gasteiger partial charge in [0.15, 0.2) is 0 Å². The zero-order chi connectivity index (χ0) is 12.3. The first-order chi connectivity index (χ1) is 8.34. The Morgan fingerprint density at radius 1 is 1.12 bits per heavy atom. The molecule has 0 aliphatic rings. The second kappa shape index (κ2) is 9.60. The molecule has 0 bridgehead atoms. The molecule has 0 saturated carbocycles. The maximum Gasteiger partial charge on any atom is 0.121 e. The van der Waals surface area contributed by atoms with Crippen molar-refractivity contribution < 1.29 is 5.11 Å². The standard InChI is InChI=1S/C14H25NOS/c1-2-3-4-5-6-7-8-9-10-13(16)14-15-11-12-17-14/h11-13,16H,2-10H2,1H3. The van der Waals surface area contributed by atoms with Crippen molar-refractivity contribution in [2.45, 2.75) is 70.8 Å². The lowest BCUT2D eigenvalue weighted by Gasteiger charge is -2.06. The van der Waals surface area contributed by atoms with Crippen molar-refractivity contribution in [3.63, 3.8) is 0 Å². The van der Waals surface area contributed by atoms with Crippen LogP contribution < -0.4 is 0 Å². The molecule has 1 aromatic rings. The van der Waals surface area contributed by atoms with Gasteiger partial charge in [0, 0.05) is 11.6 Å². The van der Waals surface area contributed by atoms with Gasteiger partial charge in [-0.25, -0.2) is 4.98 Å². The van der Waals surface area contributed by atoms with E-state index in [1.807, 2.05) is 5.38 Å². The maximum absolute atomic E-state index is 9.83. The van der Waals surface area contributed by atoms with Crippen LogP contribution in [-0.4, -0.2) is 10.1 Å². The highest BCUT2D eigenvalue weighted by molar-refractivity contribution is 7.09. The van der Waals surface area contributed by atoms with Crippen LogP contribution in [0.25, 0.3) is 0 Å². The first kappa shape index (κ1) is 14.7. The average molecular weight is 255 g/mol. The Kier molecular flexibility index (Phi) is 8.28. The smallest absolute Gasteiger partial charge is 0.121 e. The molecule has 1 heterocycles. The first-order valence-corrected chi connectivity index (χ1v) is 7.80. The predicted molar refractivity (Wildman–Crippen MR) is 74.3 cm³/mol. The molecule has 1 N–H and O–H groups in total. The topological polar surface area (TPSA) is 33.1 Å². The van der Waals surface area contributed by atoms with E-state index in [0.717, 1.165) is 17.8 Å². The van der Waals surface area contributed by atoms with Crippen LogP contribution >= 0.6 is 11.3 Å². The fourth-order valence-electron chi connectivity index (χ4n) is 1.99. The Hall–Kier alpha value is -0.410. The summed E-state index contributed by atoms with van der Waals surface area (Å²) in [5.41, 5.74) is 0. The molecular formula is C14H25NOS. The lowest BCUT2D eigenvalue weighted by Crippen LogP contribution is -1.96. The molecule has 0 spiro atoms. The molecule has 1 unspecified atom stereocenters. The van der Waals surface area contributed by atoms with Gasteiger partial charge < -0.3 is 5.11 Å². The third-order valence-electron chi connectivity index (χ3n) is 3.07. The van der Waals surface area contributed by atoms with Crippen LogP contribution in [0.15, 0.2) is 11.6 Å². The highest BCUT2D eigenvalue weighted by Gasteiger charge is 2.08. The molecule has 0 aromatic carbocycles. The molecule has 0 amide bonds. The summed E-state index contributed by atoms with van der Waals surface area (Å²) in [4.78, 5) is 4.13.